The number of benzene rings is 1. The van der Waals surface area contributed by atoms with Crippen molar-refractivity contribution < 1.29 is 14.3 Å². The molecule has 1 aromatic rings. The van der Waals surface area contributed by atoms with Crippen LogP contribution in [0.25, 0.3) is 0 Å². The first kappa shape index (κ1) is 19.7. The van der Waals surface area contributed by atoms with Crippen molar-refractivity contribution in [2.75, 3.05) is 19.7 Å². The van der Waals surface area contributed by atoms with Crippen molar-refractivity contribution in [1.29, 1.82) is 0 Å². The number of carbonyl (C=O) groups is 2. The predicted octanol–water partition coefficient (Wildman–Crippen LogP) is 3.53. The summed E-state index contributed by atoms with van der Waals surface area (Å²) in [4.78, 5) is 26.5. The van der Waals surface area contributed by atoms with Gasteiger partial charge in [0.15, 0.2) is 6.61 Å². The molecule has 148 valence electrons. The second-order valence-electron chi connectivity index (χ2n) is 7.87. The van der Waals surface area contributed by atoms with Crippen LogP contribution in [0.3, 0.4) is 0 Å². The Labute approximate surface area is 162 Å². The van der Waals surface area contributed by atoms with Crippen LogP contribution >= 0.6 is 0 Å². The molecule has 1 N–H and O–H groups in total. The van der Waals surface area contributed by atoms with Crippen molar-refractivity contribution in [1.82, 2.24) is 10.2 Å². The molecule has 0 atom stereocenters. The van der Waals surface area contributed by atoms with Crippen molar-refractivity contribution in [2.45, 2.75) is 63.8 Å². The highest BCUT2D eigenvalue weighted by Gasteiger charge is 2.24. The summed E-state index contributed by atoms with van der Waals surface area (Å²) >= 11 is 0. The first-order chi connectivity index (χ1) is 13.2. The van der Waals surface area contributed by atoms with Gasteiger partial charge in [0.1, 0.15) is 5.75 Å². The van der Waals surface area contributed by atoms with E-state index in [1.165, 1.54) is 32.1 Å². The summed E-state index contributed by atoms with van der Waals surface area (Å²) < 4.78 is 5.48. The largest absolute Gasteiger partial charge is 0.484 e. The third-order valence-corrected chi connectivity index (χ3v) is 5.82. The van der Waals surface area contributed by atoms with E-state index in [-0.39, 0.29) is 24.5 Å². The third-order valence-electron chi connectivity index (χ3n) is 5.82. The molecule has 0 unspecified atom stereocenters. The van der Waals surface area contributed by atoms with Gasteiger partial charge in [-0.2, -0.15) is 0 Å². The lowest BCUT2D eigenvalue weighted by atomic mass is 9.86. The van der Waals surface area contributed by atoms with Crippen LogP contribution in [-0.2, 0) is 9.59 Å². The fourth-order valence-corrected chi connectivity index (χ4v) is 4.17. The third kappa shape index (κ3) is 6.56. The molecule has 1 aliphatic heterocycles. The van der Waals surface area contributed by atoms with Gasteiger partial charge in [-0.3, -0.25) is 9.59 Å². The van der Waals surface area contributed by atoms with Gasteiger partial charge in [0, 0.05) is 25.6 Å². The number of likely N-dealkylation sites (tertiary alicyclic amines) is 1. The Kier molecular flexibility index (Phi) is 7.55. The summed E-state index contributed by atoms with van der Waals surface area (Å²) in [5.41, 5.74) is 0. The maximum atomic E-state index is 12.4. The molecule has 5 nitrogen and oxygen atoms in total. The Bertz CT molecular complexity index is 591. The van der Waals surface area contributed by atoms with E-state index in [1.54, 1.807) is 0 Å². The number of hydrogen-bond acceptors (Lipinski definition) is 3. The SMILES string of the molecule is O=C(COc1ccccc1)NC1CCN(C(=O)CCC2CCCCC2)CC1. The molecule has 0 bridgehead atoms. The molecular formula is C22H32N2O3. The minimum atomic E-state index is -0.0964. The minimum absolute atomic E-state index is 0.0323. The summed E-state index contributed by atoms with van der Waals surface area (Å²) in [6.45, 7) is 1.52. The normalized spacial score (nSPS) is 18.9. The van der Waals surface area contributed by atoms with Gasteiger partial charge in [-0.05, 0) is 37.3 Å². The molecule has 0 aromatic heterocycles. The van der Waals surface area contributed by atoms with E-state index in [9.17, 15) is 9.59 Å². The van der Waals surface area contributed by atoms with Gasteiger partial charge < -0.3 is 15.0 Å². The number of hydrogen-bond donors (Lipinski definition) is 1. The van der Waals surface area contributed by atoms with Crippen molar-refractivity contribution in [3.8, 4) is 5.75 Å². The standard InChI is InChI=1S/C22H32N2O3/c25-21(17-27-20-9-5-2-6-10-20)23-19-13-15-24(16-14-19)22(26)12-11-18-7-3-1-4-8-18/h2,5-6,9-10,18-19H,1,3-4,7-8,11-17H2,(H,23,25). The van der Waals surface area contributed by atoms with E-state index in [2.05, 4.69) is 5.32 Å². The van der Waals surface area contributed by atoms with Crippen LogP contribution in [0.5, 0.6) is 5.75 Å². The first-order valence-corrected chi connectivity index (χ1v) is 10.5. The summed E-state index contributed by atoms with van der Waals surface area (Å²) in [5.74, 6) is 1.65. The van der Waals surface area contributed by atoms with Gasteiger partial charge >= 0.3 is 0 Å². The fraction of sp³-hybridized carbons (Fsp3) is 0.636. The molecule has 2 fully saturated rings. The average Bonchev–Trinajstić information content (AvgIpc) is 2.72. The Morgan fingerprint density at radius 3 is 2.41 bits per heavy atom. The smallest absolute Gasteiger partial charge is 0.258 e. The monoisotopic (exact) mass is 372 g/mol. The average molecular weight is 373 g/mol. The summed E-state index contributed by atoms with van der Waals surface area (Å²) in [7, 11) is 0. The van der Waals surface area contributed by atoms with E-state index in [1.807, 2.05) is 35.2 Å². The molecule has 1 heterocycles. The number of nitrogens with one attached hydrogen (secondary N) is 1. The fourth-order valence-electron chi connectivity index (χ4n) is 4.17. The lowest BCUT2D eigenvalue weighted by Gasteiger charge is -2.33. The number of carbonyl (C=O) groups excluding carboxylic acids is 2. The second kappa shape index (κ2) is 10.3. The molecular weight excluding hydrogens is 340 g/mol. The topological polar surface area (TPSA) is 58.6 Å². The van der Waals surface area contributed by atoms with Gasteiger partial charge in [0.2, 0.25) is 5.91 Å². The molecule has 1 aliphatic carbocycles. The van der Waals surface area contributed by atoms with Crippen molar-refractivity contribution >= 4 is 11.8 Å². The number of para-hydroxylation sites is 1. The summed E-state index contributed by atoms with van der Waals surface area (Å²) in [6, 6.07) is 9.49. The minimum Gasteiger partial charge on any atom is -0.484 e. The molecule has 0 radical (unpaired) electrons. The molecule has 5 heteroatoms. The van der Waals surface area contributed by atoms with Crippen LogP contribution in [0, 0.1) is 5.92 Å². The molecule has 2 amide bonds. The van der Waals surface area contributed by atoms with Gasteiger partial charge in [-0.25, -0.2) is 0 Å². The van der Waals surface area contributed by atoms with Gasteiger partial charge in [-0.1, -0.05) is 50.3 Å². The van der Waals surface area contributed by atoms with E-state index < -0.39 is 0 Å². The van der Waals surface area contributed by atoms with Crippen LogP contribution in [0.2, 0.25) is 0 Å². The lowest BCUT2D eigenvalue weighted by molar-refractivity contribution is -0.132. The second-order valence-corrected chi connectivity index (χ2v) is 7.87. The summed E-state index contributed by atoms with van der Waals surface area (Å²) in [5, 5.41) is 3.03. The number of rotatable bonds is 7. The molecule has 2 aliphatic rings. The highest BCUT2D eigenvalue weighted by atomic mass is 16.5. The molecule has 3 rings (SSSR count). The quantitative estimate of drug-likeness (QED) is 0.796. The van der Waals surface area contributed by atoms with E-state index in [4.69, 9.17) is 4.74 Å². The number of amides is 2. The van der Waals surface area contributed by atoms with Crippen LogP contribution in [-0.4, -0.2) is 42.5 Å². The lowest BCUT2D eigenvalue weighted by Crippen LogP contribution is -2.47. The van der Waals surface area contributed by atoms with E-state index in [0.717, 1.165) is 38.3 Å². The van der Waals surface area contributed by atoms with Crippen LogP contribution in [0.1, 0.15) is 57.8 Å². The molecule has 1 saturated heterocycles. The van der Waals surface area contributed by atoms with Crippen molar-refractivity contribution in [3.63, 3.8) is 0 Å². The van der Waals surface area contributed by atoms with Crippen LogP contribution in [0.15, 0.2) is 30.3 Å². The number of piperidine rings is 1. The van der Waals surface area contributed by atoms with Crippen molar-refractivity contribution in [2.24, 2.45) is 5.92 Å². The Morgan fingerprint density at radius 1 is 1.00 bits per heavy atom. The Hall–Kier alpha value is -2.04. The maximum Gasteiger partial charge on any atom is 0.258 e. The highest BCUT2D eigenvalue weighted by Crippen LogP contribution is 2.27. The summed E-state index contributed by atoms with van der Waals surface area (Å²) in [6.07, 6.45) is 10.0. The zero-order valence-electron chi connectivity index (χ0n) is 16.2. The molecule has 27 heavy (non-hydrogen) atoms. The zero-order chi connectivity index (χ0) is 18.9. The Morgan fingerprint density at radius 2 is 1.70 bits per heavy atom. The number of nitrogens with zero attached hydrogens (tertiary/aromatic N) is 1. The van der Waals surface area contributed by atoms with E-state index >= 15 is 0 Å². The Balaban J connectivity index is 1.31. The van der Waals surface area contributed by atoms with Gasteiger partial charge in [0.05, 0.1) is 0 Å². The van der Waals surface area contributed by atoms with Crippen LogP contribution < -0.4 is 10.1 Å². The van der Waals surface area contributed by atoms with Gasteiger partial charge in [-0.15, -0.1) is 0 Å². The highest BCUT2D eigenvalue weighted by molar-refractivity contribution is 5.78. The maximum absolute atomic E-state index is 12.4. The molecule has 1 saturated carbocycles. The van der Waals surface area contributed by atoms with Crippen LogP contribution in [0.4, 0.5) is 0 Å². The number of ether oxygens (including phenoxy) is 1. The first-order valence-electron chi connectivity index (χ1n) is 10.5. The van der Waals surface area contributed by atoms with Gasteiger partial charge in [0.25, 0.3) is 5.91 Å². The molecule has 1 aromatic carbocycles. The predicted molar refractivity (Wildman–Crippen MR) is 105 cm³/mol. The zero-order valence-corrected chi connectivity index (χ0v) is 16.2. The molecule has 0 spiro atoms. The van der Waals surface area contributed by atoms with Crippen molar-refractivity contribution in [3.05, 3.63) is 30.3 Å². The van der Waals surface area contributed by atoms with E-state index in [0.29, 0.717) is 12.2 Å².